The fraction of sp³-hybridized carbons (Fsp3) is 0.500. The van der Waals surface area contributed by atoms with E-state index in [4.69, 9.17) is 4.74 Å². The fourth-order valence-electron chi connectivity index (χ4n) is 2.20. The van der Waals surface area contributed by atoms with Crippen molar-refractivity contribution in [1.29, 1.82) is 0 Å². The number of hydrogen-bond donors (Lipinski definition) is 1. The van der Waals surface area contributed by atoms with Gasteiger partial charge in [0.2, 0.25) is 0 Å². The van der Waals surface area contributed by atoms with E-state index in [-0.39, 0.29) is 0 Å². The highest BCUT2D eigenvalue weighted by molar-refractivity contribution is 5.86. The Labute approximate surface area is 100 Å². The molecule has 0 aliphatic heterocycles. The van der Waals surface area contributed by atoms with E-state index in [1.165, 1.54) is 12.8 Å². The summed E-state index contributed by atoms with van der Waals surface area (Å²) in [5, 5.41) is 9.32. The molecular formula is C14H16O3. The molecule has 2 fully saturated rings. The van der Waals surface area contributed by atoms with Gasteiger partial charge < -0.3 is 9.84 Å². The van der Waals surface area contributed by atoms with Crippen LogP contribution in [0.5, 0.6) is 5.75 Å². The third kappa shape index (κ3) is 1.90. The van der Waals surface area contributed by atoms with Gasteiger partial charge in [0.25, 0.3) is 0 Å². The molecule has 2 aliphatic carbocycles. The van der Waals surface area contributed by atoms with Gasteiger partial charge in [0, 0.05) is 5.56 Å². The largest absolute Gasteiger partial charge is 0.493 e. The number of benzene rings is 1. The number of para-hydroxylation sites is 1. The van der Waals surface area contributed by atoms with E-state index in [0.29, 0.717) is 5.92 Å². The summed E-state index contributed by atoms with van der Waals surface area (Å²) in [7, 11) is 0. The molecule has 90 valence electrons. The Morgan fingerprint density at radius 3 is 2.65 bits per heavy atom. The molecule has 17 heavy (non-hydrogen) atoms. The number of carbonyl (C=O) groups is 1. The number of carboxylic acids is 1. The van der Waals surface area contributed by atoms with Crippen LogP contribution in [0.15, 0.2) is 24.3 Å². The van der Waals surface area contributed by atoms with E-state index < -0.39 is 11.4 Å². The minimum absolute atomic E-state index is 0.667. The number of aliphatic carboxylic acids is 1. The monoisotopic (exact) mass is 232 g/mol. The third-order valence-electron chi connectivity index (χ3n) is 3.73. The van der Waals surface area contributed by atoms with Crippen molar-refractivity contribution in [2.24, 2.45) is 5.92 Å². The Morgan fingerprint density at radius 1 is 1.35 bits per heavy atom. The van der Waals surface area contributed by atoms with Crippen LogP contribution >= 0.6 is 0 Å². The van der Waals surface area contributed by atoms with Gasteiger partial charge in [-0.1, -0.05) is 18.2 Å². The number of carboxylic acid groups (broad SMARTS) is 1. The SMILES string of the molecule is O=C(O)C1(c2ccccc2OCC2CC2)CC1. The van der Waals surface area contributed by atoms with Crippen LogP contribution in [0.1, 0.15) is 31.2 Å². The maximum absolute atomic E-state index is 11.3. The summed E-state index contributed by atoms with van der Waals surface area (Å²) in [5.41, 5.74) is 0.188. The second-order valence-corrected chi connectivity index (χ2v) is 5.14. The van der Waals surface area contributed by atoms with Gasteiger partial charge in [-0.2, -0.15) is 0 Å². The van der Waals surface area contributed by atoms with Crippen molar-refractivity contribution >= 4 is 5.97 Å². The molecule has 0 spiro atoms. The lowest BCUT2D eigenvalue weighted by Gasteiger charge is -2.16. The van der Waals surface area contributed by atoms with Gasteiger partial charge in [-0.05, 0) is 37.7 Å². The van der Waals surface area contributed by atoms with E-state index in [9.17, 15) is 9.90 Å². The Kier molecular flexibility index (Phi) is 2.35. The van der Waals surface area contributed by atoms with Crippen LogP contribution in [-0.4, -0.2) is 17.7 Å². The second kappa shape index (κ2) is 3.76. The quantitative estimate of drug-likeness (QED) is 0.848. The molecule has 3 rings (SSSR count). The van der Waals surface area contributed by atoms with Crippen molar-refractivity contribution in [2.75, 3.05) is 6.61 Å². The fourth-order valence-corrected chi connectivity index (χ4v) is 2.20. The van der Waals surface area contributed by atoms with Crippen LogP contribution in [0.25, 0.3) is 0 Å². The summed E-state index contributed by atoms with van der Waals surface area (Å²) in [6.07, 6.45) is 3.94. The summed E-state index contributed by atoms with van der Waals surface area (Å²) >= 11 is 0. The molecule has 0 atom stereocenters. The smallest absolute Gasteiger partial charge is 0.314 e. The van der Waals surface area contributed by atoms with Gasteiger partial charge in [0.05, 0.1) is 12.0 Å². The Morgan fingerprint density at radius 2 is 2.06 bits per heavy atom. The van der Waals surface area contributed by atoms with Crippen molar-refractivity contribution in [1.82, 2.24) is 0 Å². The number of ether oxygens (including phenoxy) is 1. The molecule has 0 unspecified atom stereocenters. The summed E-state index contributed by atoms with van der Waals surface area (Å²) in [6, 6.07) is 7.58. The molecule has 3 heteroatoms. The van der Waals surface area contributed by atoms with Gasteiger partial charge in [0.1, 0.15) is 5.75 Å². The standard InChI is InChI=1S/C14H16O3/c15-13(16)14(7-8-14)11-3-1-2-4-12(11)17-9-10-5-6-10/h1-4,10H,5-9H2,(H,15,16). The third-order valence-corrected chi connectivity index (χ3v) is 3.73. The zero-order chi connectivity index (χ0) is 11.9. The van der Waals surface area contributed by atoms with Crippen molar-refractivity contribution in [3.05, 3.63) is 29.8 Å². The van der Waals surface area contributed by atoms with Crippen LogP contribution in [0.3, 0.4) is 0 Å². The maximum Gasteiger partial charge on any atom is 0.314 e. The molecule has 1 aromatic rings. The molecular weight excluding hydrogens is 216 g/mol. The first kappa shape index (κ1) is 10.6. The molecule has 0 saturated heterocycles. The predicted octanol–water partition coefficient (Wildman–Crippen LogP) is 2.59. The van der Waals surface area contributed by atoms with Gasteiger partial charge >= 0.3 is 5.97 Å². The second-order valence-electron chi connectivity index (χ2n) is 5.14. The molecule has 3 nitrogen and oxygen atoms in total. The van der Waals surface area contributed by atoms with Crippen LogP contribution in [0.4, 0.5) is 0 Å². The van der Waals surface area contributed by atoms with E-state index in [2.05, 4.69) is 0 Å². The van der Waals surface area contributed by atoms with Crippen LogP contribution in [-0.2, 0) is 10.2 Å². The van der Waals surface area contributed by atoms with E-state index in [1.54, 1.807) is 0 Å². The van der Waals surface area contributed by atoms with E-state index in [1.807, 2.05) is 24.3 Å². The van der Waals surface area contributed by atoms with Crippen LogP contribution in [0.2, 0.25) is 0 Å². The van der Waals surface area contributed by atoms with E-state index >= 15 is 0 Å². The first-order chi connectivity index (χ1) is 8.22. The zero-order valence-corrected chi connectivity index (χ0v) is 9.69. The van der Waals surface area contributed by atoms with Gasteiger partial charge in [-0.25, -0.2) is 0 Å². The van der Waals surface area contributed by atoms with Crippen LogP contribution in [0, 0.1) is 5.92 Å². The molecule has 2 saturated carbocycles. The summed E-state index contributed by atoms with van der Waals surface area (Å²) < 4.78 is 5.77. The van der Waals surface area contributed by atoms with Gasteiger partial charge in [-0.3, -0.25) is 4.79 Å². The summed E-state index contributed by atoms with van der Waals surface area (Å²) in [5.74, 6) is 0.724. The number of hydrogen-bond acceptors (Lipinski definition) is 2. The summed E-state index contributed by atoms with van der Waals surface area (Å²) in [6.45, 7) is 0.729. The highest BCUT2D eigenvalue weighted by atomic mass is 16.5. The average Bonchev–Trinajstić information content (AvgIpc) is 3.20. The highest BCUT2D eigenvalue weighted by Gasteiger charge is 2.53. The Bertz CT molecular complexity index is 445. The molecule has 0 heterocycles. The minimum atomic E-state index is -0.722. The predicted molar refractivity (Wildman–Crippen MR) is 63.2 cm³/mol. The lowest BCUT2D eigenvalue weighted by molar-refractivity contribution is -0.140. The molecule has 1 N–H and O–H groups in total. The molecule has 1 aromatic carbocycles. The Balaban J connectivity index is 1.85. The minimum Gasteiger partial charge on any atom is -0.493 e. The maximum atomic E-state index is 11.3. The first-order valence-electron chi connectivity index (χ1n) is 6.18. The Hall–Kier alpha value is -1.51. The normalized spacial score (nSPS) is 20.9. The lowest BCUT2D eigenvalue weighted by atomic mass is 9.95. The molecule has 2 aliphatic rings. The summed E-state index contributed by atoms with van der Waals surface area (Å²) in [4.78, 5) is 11.3. The first-order valence-corrected chi connectivity index (χ1v) is 6.18. The van der Waals surface area contributed by atoms with Crippen molar-refractivity contribution in [3.8, 4) is 5.75 Å². The zero-order valence-electron chi connectivity index (χ0n) is 9.69. The molecule has 0 amide bonds. The lowest BCUT2D eigenvalue weighted by Crippen LogP contribution is -2.20. The van der Waals surface area contributed by atoms with Gasteiger partial charge in [-0.15, -0.1) is 0 Å². The van der Waals surface area contributed by atoms with Crippen molar-refractivity contribution in [3.63, 3.8) is 0 Å². The van der Waals surface area contributed by atoms with Crippen molar-refractivity contribution in [2.45, 2.75) is 31.1 Å². The van der Waals surface area contributed by atoms with Crippen molar-refractivity contribution < 1.29 is 14.6 Å². The topological polar surface area (TPSA) is 46.5 Å². The average molecular weight is 232 g/mol. The van der Waals surface area contributed by atoms with E-state index in [0.717, 1.165) is 30.8 Å². The highest BCUT2D eigenvalue weighted by Crippen LogP contribution is 2.51. The molecule has 0 aromatic heterocycles. The van der Waals surface area contributed by atoms with Crippen LogP contribution < -0.4 is 4.74 Å². The molecule has 0 bridgehead atoms. The van der Waals surface area contributed by atoms with Gasteiger partial charge in [0.15, 0.2) is 0 Å². The number of rotatable bonds is 5. The molecule has 0 radical (unpaired) electrons.